The van der Waals surface area contributed by atoms with Gasteiger partial charge in [-0.05, 0) is 29.1 Å². The Hall–Kier alpha value is -1.17. The molecule has 0 saturated carbocycles. The maximum absolute atomic E-state index is 11.5. The van der Waals surface area contributed by atoms with Gasteiger partial charge in [0.25, 0.3) is 0 Å². The number of hydrogen-bond acceptors (Lipinski definition) is 3. The highest BCUT2D eigenvalue weighted by Crippen LogP contribution is 2.18. The smallest absolute Gasteiger partial charge is 0.239 e. The summed E-state index contributed by atoms with van der Waals surface area (Å²) in [6.07, 6.45) is 0. The molecule has 18 heavy (non-hydrogen) atoms. The van der Waals surface area contributed by atoms with Gasteiger partial charge in [-0.3, -0.25) is 10.1 Å². The lowest BCUT2D eigenvalue weighted by molar-refractivity contribution is -0.120. The third kappa shape index (κ3) is 3.41. The lowest BCUT2D eigenvalue weighted by Crippen LogP contribution is -2.33. The molecular formula is C13H13BrN2OS. The van der Waals surface area contributed by atoms with Crippen LogP contribution in [0.25, 0.3) is 0 Å². The number of thiophene rings is 1. The minimum atomic E-state index is -0.458. The average molecular weight is 325 g/mol. The van der Waals surface area contributed by atoms with Gasteiger partial charge in [-0.25, -0.2) is 0 Å². The number of hydrogen-bond donors (Lipinski definition) is 2. The molecule has 1 aromatic carbocycles. The van der Waals surface area contributed by atoms with E-state index in [4.69, 9.17) is 5.73 Å². The summed E-state index contributed by atoms with van der Waals surface area (Å²) in [7, 11) is 0. The zero-order chi connectivity index (χ0) is 13.0. The standard InChI is InChI=1S/C13H13BrN2OS/c14-10-5-3-9(4-6-10)12(13(15)17)16-8-11-2-1-7-18-11/h1-7,12,16H,8H2,(H2,15,17). The van der Waals surface area contributed by atoms with Crippen LogP contribution in [0.1, 0.15) is 16.5 Å². The fourth-order valence-corrected chi connectivity index (χ4v) is 2.57. The maximum Gasteiger partial charge on any atom is 0.239 e. The Morgan fingerprint density at radius 2 is 2.06 bits per heavy atom. The van der Waals surface area contributed by atoms with Crippen LogP contribution in [0.3, 0.4) is 0 Å². The molecule has 0 spiro atoms. The van der Waals surface area contributed by atoms with Crippen LogP contribution >= 0.6 is 27.3 Å². The van der Waals surface area contributed by atoms with Gasteiger partial charge in [0.2, 0.25) is 5.91 Å². The van der Waals surface area contributed by atoms with Crippen molar-refractivity contribution in [2.75, 3.05) is 0 Å². The number of carbonyl (C=O) groups is 1. The first kappa shape index (κ1) is 13.3. The van der Waals surface area contributed by atoms with Crippen molar-refractivity contribution in [3.8, 4) is 0 Å². The van der Waals surface area contributed by atoms with Crippen LogP contribution in [0, 0.1) is 0 Å². The van der Waals surface area contributed by atoms with Crippen molar-refractivity contribution in [2.45, 2.75) is 12.6 Å². The van der Waals surface area contributed by atoms with Crippen molar-refractivity contribution in [2.24, 2.45) is 5.73 Å². The van der Waals surface area contributed by atoms with E-state index in [9.17, 15) is 4.79 Å². The predicted molar refractivity (Wildman–Crippen MR) is 77.2 cm³/mol. The SMILES string of the molecule is NC(=O)C(NCc1cccs1)c1ccc(Br)cc1. The van der Waals surface area contributed by atoms with Gasteiger partial charge in [0, 0.05) is 15.9 Å². The minimum absolute atomic E-state index is 0.367. The lowest BCUT2D eigenvalue weighted by Gasteiger charge is -2.15. The Morgan fingerprint density at radius 3 is 2.61 bits per heavy atom. The molecule has 1 amide bonds. The number of nitrogens with one attached hydrogen (secondary N) is 1. The van der Waals surface area contributed by atoms with Gasteiger partial charge in [0.15, 0.2) is 0 Å². The van der Waals surface area contributed by atoms with Crippen LogP contribution in [0.4, 0.5) is 0 Å². The highest BCUT2D eigenvalue weighted by atomic mass is 79.9. The Morgan fingerprint density at radius 1 is 1.33 bits per heavy atom. The number of amides is 1. The summed E-state index contributed by atoms with van der Waals surface area (Å²) in [5.74, 6) is -0.367. The fraction of sp³-hybridized carbons (Fsp3) is 0.154. The third-order valence-electron chi connectivity index (χ3n) is 2.55. The molecule has 0 aliphatic carbocycles. The third-order valence-corrected chi connectivity index (χ3v) is 3.95. The quantitative estimate of drug-likeness (QED) is 0.888. The number of rotatable bonds is 5. The van der Waals surface area contributed by atoms with E-state index in [0.717, 1.165) is 10.0 Å². The molecule has 0 aliphatic heterocycles. The fourth-order valence-electron chi connectivity index (χ4n) is 1.65. The van der Waals surface area contributed by atoms with Crippen molar-refractivity contribution in [3.05, 3.63) is 56.7 Å². The number of benzene rings is 1. The van der Waals surface area contributed by atoms with E-state index >= 15 is 0 Å². The molecule has 0 bridgehead atoms. The molecule has 0 fully saturated rings. The molecule has 5 heteroatoms. The van der Waals surface area contributed by atoms with Crippen molar-refractivity contribution in [1.82, 2.24) is 5.32 Å². The number of carbonyl (C=O) groups excluding carboxylic acids is 1. The minimum Gasteiger partial charge on any atom is -0.368 e. The summed E-state index contributed by atoms with van der Waals surface area (Å²) in [5.41, 5.74) is 6.31. The monoisotopic (exact) mass is 324 g/mol. The van der Waals surface area contributed by atoms with E-state index in [1.807, 2.05) is 41.8 Å². The van der Waals surface area contributed by atoms with Gasteiger partial charge < -0.3 is 5.73 Å². The topological polar surface area (TPSA) is 55.1 Å². The molecule has 3 nitrogen and oxygen atoms in total. The van der Waals surface area contributed by atoms with E-state index in [1.165, 1.54) is 4.88 Å². The van der Waals surface area contributed by atoms with Crippen LogP contribution in [0.15, 0.2) is 46.3 Å². The molecule has 2 aromatic rings. The van der Waals surface area contributed by atoms with Crippen LogP contribution in [-0.2, 0) is 11.3 Å². The van der Waals surface area contributed by atoms with E-state index in [-0.39, 0.29) is 5.91 Å². The second-order valence-corrected chi connectivity index (χ2v) is 5.80. The Kier molecular flexibility index (Phi) is 4.52. The van der Waals surface area contributed by atoms with Gasteiger partial charge >= 0.3 is 0 Å². The summed E-state index contributed by atoms with van der Waals surface area (Å²) >= 11 is 5.02. The molecule has 1 heterocycles. The number of nitrogens with two attached hydrogens (primary N) is 1. The average Bonchev–Trinajstić information content (AvgIpc) is 2.84. The zero-order valence-electron chi connectivity index (χ0n) is 9.60. The first-order chi connectivity index (χ1) is 8.66. The van der Waals surface area contributed by atoms with Crippen LogP contribution < -0.4 is 11.1 Å². The van der Waals surface area contributed by atoms with E-state index in [0.29, 0.717) is 6.54 Å². The Bertz CT molecular complexity index is 510. The summed E-state index contributed by atoms with van der Waals surface area (Å²) < 4.78 is 0.979. The molecular weight excluding hydrogens is 312 g/mol. The highest BCUT2D eigenvalue weighted by Gasteiger charge is 2.16. The van der Waals surface area contributed by atoms with Crippen LogP contribution in [0.2, 0.25) is 0 Å². The molecule has 1 unspecified atom stereocenters. The largest absolute Gasteiger partial charge is 0.368 e. The van der Waals surface area contributed by atoms with Crippen molar-refractivity contribution in [1.29, 1.82) is 0 Å². The van der Waals surface area contributed by atoms with Gasteiger partial charge in [0.1, 0.15) is 6.04 Å². The van der Waals surface area contributed by atoms with Gasteiger partial charge in [0.05, 0.1) is 0 Å². The molecule has 1 aromatic heterocycles. The number of primary amides is 1. The van der Waals surface area contributed by atoms with E-state index in [1.54, 1.807) is 11.3 Å². The molecule has 2 rings (SSSR count). The van der Waals surface area contributed by atoms with Crippen molar-refractivity contribution in [3.63, 3.8) is 0 Å². The van der Waals surface area contributed by atoms with Crippen LogP contribution in [0.5, 0.6) is 0 Å². The second-order valence-electron chi connectivity index (χ2n) is 3.85. The van der Waals surface area contributed by atoms with Crippen molar-refractivity contribution >= 4 is 33.2 Å². The Balaban J connectivity index is 2.08. The second kappa shape index (κ2) is 6.13. The zero-order valence-corrected chi connectivity index (χ0v) is 12.0. The highest BCUT2D eigenvalue weighted by molar-refractivity contribution is 9.10. The van der Waals surface area contributed by atoms with Gasteiger partial charge in [-0.1, -0.05) is 34.1 Å². The molecule has 0 saturated heterocycles. The molecule has 94 valence electrons. The summed E-state index contributed by atoms with van der Waals surface area (Å²) in [6, 6.07) is 11.1. The first-order valence-corrected chi connectivity index (χ1v) is 7.14. The van der Waals surface area contributed by atoms with E-state index < -0.39 is 6.04 Å². The van der Waals surface area contributed by atoms with Crippen LogP contribution in [-0.4, -0.2) is 5.91 Å². The molecule has 3 N–H and O–H groups in total. The Labute approximate surface area is 118 Å². The molecule has 0 radical (unpaired) electrons. The van der Waals surface area contributed by atoms with Gasteiger partial charge in [-0.2, -0.15) is 0 Å². The normalized spacial score (nSPS) is 12.3. The summed E-state index contributed by atoms with van der Waals surface area (Å²) in [4.78, 5) is 12.7. The first-order valence-electron chi connectivity index (χ1n) is 5.47. The molecule has 1 atom stereocenters. The molecule has 0 aliphatic rings. The number of halogens is 1. The van der Waals surface area contributed by atoms with Crippen molar-refractivity contribution < 1.29 is 4.79 Å². The predicted octanol–water partition coefficient (Wildman–Crippen LogP) is 2.83. The van der Waals surface area contributed by atoms with E-state index in [2.05, 4.69) is 21.2 Å². The summed E-state index contributed by atoms with van der Waals surface area (Å²) in [6.45, 7) is 0.640. The van der Waals surface area contributed by atoms with Gasteiger partial charge in [-0.15, -0.1) is 11.3 Å². The lowest BCUT2D eigenvalue weighted by atomic mass is 10.1. The summed E-state index contributed by atoms with van der Waals surface area (Å²) in [5, 5.41) is 5.19. The maximum atomic E-state index is 11.5.